The van der Waals surface area contributed by atoms with E-state index in [-0.39, 0.29) is 12.0 Å². The molecule has 0 saturated heterocycles. The van der Waals surface area contributed by atoms with E-state index in [1.54, 1.807) is 48.5 Å². The lowest BCUT2D eigenvalue weighted by molar-refractivity contribution is -0.163. The van der Waals surface area contributed by atoms with Crippen LogP contribution in [0.25, 0.3) is 22.1 Å². The molecule has 4 aromatic rings. The third-order valence-electron chi connectivity index (χ3n) is 3.91. The van der Waals surface area contributed by atoms with Crippen LogP contribution in [0.1, 0.15) is 0 Å². The number of aromatic amines is 2. The van der Waals surface area contributed by atoms with E-state index >= 15 is 0 Å². The maximum absolute atomic E-state index is 12.0. The van der Waals surface area contributed by atoms with Gasteiger partial charge in [0.15, 0.2) is 12.2 Å². The largest absolute Gasteiger partial charge is 0.390 e. The Morgan fingerprint density at radius 2 is 1.14 bits per heavy atom. The summed E-state index contributed by atoms with van der Waals surface area (Å²) in [5.74, 6) is -2.54. The van der Waals surface area contributed by atoms with Gasteiger partial charge in [-0.2, -0.15) is 9.97 Å². The number of hydrogen-bond acceptors (Lipinski definition) is 8. The molecule has 2 aromatic carbocycles. The molecule has 10 nitrogen and oxygen atoms in total. The lowest BCUT2D eigenvalue weighted by Crippen LogP contribution is -2.44. The van der Waals surface area contributed by atoms with Gasteiger partial charge in [0.2, 0.25) is 0 Å². The van der Waals surface area contributed by atoms with Crippen LogP contribution in [-0.4, -0.2) is 54.3 Å². The first-order chi connectivity index (χ1) is 13.5. The van der Waals surface area contributed by atoms with Crippen LogP contribution in [0.2, 0.25) is 0 Å². The van der Waals surface area contributed by atoms with Gasteiger partial charge in [0.1, 0.15) is 0 Å². The highest BCUT2D eigenvalue weighted by Crippen LogP contribution is 2.17. The van der Waals surface area contributed by atoms with E-state index in [2.05, 4.69) is 19.9 Å². The second kappa shape index (κ2) is 7.10. The predicted molar refractivity (Wildman–Crippen MR) is 95.5 cm³/mol. The Morgan fingerprint density at radius 3 is 1.54 bits per heavy atom. The van der Waals surface area contributed by atoms with Gasteiger partial charge in [0.25, 0.3) is 0 Å². The van der Waals surface area contributed by atoms with Gasteiger partial charge in [-0.05, 0) is 24.3 Å². The van der Waals surface area contributed by atoms with Crippen molar-refractivity contribution in [2.45, 2.75) is 12.2 Å². The van der Waals surface area contributed by atoms with Crippen molar-refractivity contribution in [1.29, 1.82) is 0 Å². The van der Waals surface area contributed by atoms with Crippen molar-refractivity contribution >= 4 is 34.0 Å². The number of H-pyrrole nitrogens is 2. The number of para-hydroxylation sites is 4. The van der Waals surface area contributed by atoms with Gasteiger partial charge in [0.05, 0.1) is 22.1 Å². The number of hydrogen-bond donors (Lipinski definition) is 4. The number of rotatable bonds is 5. The standard InChI is InChI=1S/C18H14N4O6/c23-13(15(25)27-17-19-9-5-1-2-6-10(9)20-17)14(24)16(26)28-18-21-11-7-3-4-8-12(11)22-18/h1-8,13-14,23-24H,(H,19,20)(H,21,22). The van der Waals surface area contributed by atoms with E-state index in [1.165, 1.54) is 0 Å². The molecule has 10 heteroatoms. The number of aliphatic hydroxyl groups is 2. The Morgan fingerprint density at radius 1 is 0.750 bits per heavy atom. The average molecular weight is 382 g/mol. The first-order valence-corrected chi connectivity index (χ1v) is 8.20. The summed E-state index contributed by atoms with van der Waals surface area (Å²) in [6.07, 6.45) is -4.35. The lowest BCUT2D eigenvalue weighted by Gasteiger charge is -2.13. The SMILES string of the molecule is O=C(Oc1nc2ccccc2[nH]1)C(O)C(O)C(=O)Oc1nc2ccccc2[nH]1. The molecule has 28 heavy (non-hydrogen) atoms. The van der Waals surface area contributed by atoms with Crippen LogP contribution in [0, 0.1) is 0 Å². The number of nitrogens with zero attached hydrogens (tertiary/aromatic N) is 2. The molecule has 0 amide bonds. The van der Waals surface area contributed by atoms with Gasteiger partial charge >= 0.3 is 24.0 Å². The quantitative estimate of drug-likeness (QED) is 0.368. The van der Waals surface area contributed by atoms with E-state index in [0.29, 0.717) is 22.1 Å². The molecular weight excluding hydrogens is 368 g/mol. The Kier molecular flexibility index (Phi) is 4.47. The van der Waals surface area contributed by atoms with Crippen molar-refractivity contribution < 1.29 is 29.3 Å². The molecule has 0 radical (unpaired) electrons. The van der Waals surface area contributed by atoms with Gasteiger partial charge in [-0.3, -0.25) is 0 Å². The second-order valence-corrected chi connectivity index (χ2v) is 5.85. The van der Waals surface area contributed by atoms with Crippen molar-refractivity contribution in [2.24, 2.45) is 0 Å². The van der Waals surface area contributed by atoms with Gasteiger partial charge in [-0.1, -0.05) is 24.3 Å². The summed E-state index contributed by atoms with van der Waals surface area (Å²) in [7, 11) is 0. The maximum atomic E-state index is 12.0. The molecule has 4 rings (SSSR count). The number of aromatic nitrogens is 4. The van der Waals surface area contributed by atoms with Crippen molar-refractivity contribution in [3.05, 3.63) is 48.5 Å². The van der Waals surface area contributed by atoms with Gasteiger partial charge in [-0.25, -0.2) is 9.59 Å². The van der Waals surface area contributed by atoms with Crippen molar-refractivity contribution in [3.8, 4) is 12.0 Å². The summed E-state index contributed by atoms with van der Waals surface area (Å²) >= 11 is 0. The van der Waals surface area contributed by atoms with Crippen molar-refractivity contribution in [1.82, 2.24) is 19.9 Å². The molecule has 142 valence electrons. The molecule has 0 aliphatic carbocycles. The molecule has 2 atom stereocenters. The smallest absolute Gasteiger partial charge is 0.346 e. The summed E-state index contributed by atoms with van der Waals surface area (Å²) in [6, 6.07) is 13.5. The summed E-state index contributed by atoms with van der Waals surface area (Å²) in [4.78, 5) is 37.5. The Balaban J connectivity index is 1.41. The van der Waals surface area contributed by atoms with Crippen LogP contribution in [-0.2, 0) is 9.59 Å². The number of carbonyl (C=O) groups is 2. The monoisotopic (exact) mass is 382 g/mol. The fourth-order valence-corrected chi connectivity index (χ4v) is 2.52. The van der Waals surface area contributed by atoms with Crippen LogP contribution < -0.4 is 9.47 Å². The molecule has 2 unspecified atom stereocenters. The van der Waals surface area contributed by atoms with Gasteiger partial charge < -0.3 is 29.7 Å². The second-order valence-electron chi connectivity index (χ2n) is 5.85. The zero-order valence-electron chi connectivity index (χ0n) is 14.2. The van der Waals surface area contributed by atoms with Crippen LogP contribution in [0.3, 0.4) is 0 Å². The molecule has 2 aromatic heterocycles. The number of nitrogens with one attached hydrogen (secondary N) is 2. The molecule has 0 aliphatic rings. The predicted octanol–water partition coefficient (Wildman–Crippen LogP) is 0.672. The average Bonchev–Trinajstić information content (AvgIpc) is 3.28. The minimum Gasteiger partial charge on any atom is -0.390 e. The molecule has 0 aliphatic heterocycles. The van der Waals surface area contributed by atoms with E-state index < -0.39 is 24.1 Å². The molecule has 0 spiro atoms. The summed E-state index contributed by atoms with van der Waals surface area (Å²) in [6.45, 7) is 0. The Hall–Kier alpha value is -3.76. The fraction of sp³-hybridized carbons (Fsp3) is 0.111. The minimum atomic E-state index is -2.18. The van der Waals surface area contributed by atoms with Crippen LogP contribution >= 0.6 is 0 Å². The summed E-state index contributed by atoms with van der Waals surface area (Å²) < 4.78 is 9.77. The number of ether oxygens (including phenoxy) is 2. The highest BCUT2D eigenvalue weighted by molar-refractivity contribution is 5.87. The van der Waals surface area contributed by atoms with E-state index in [4.69, 9.17) is 9.47 Å². The Bertz CT molecular complexity index is 1010. The molecule has 2 heterocycles. The molecule has 4 N–H and O–H groups in total. The lowest BCUT2D eigenvalue weighted by atomic mass is 10.2. The minimum absolute atomic E-state index is 0.178. The van der Waals surface area contributed by atoms with Crippen molar-refractivity contribution in [2.75, 3.05) is 0 Å². The third kappa shape index (κ3) is 3.41. The van der Waals surface area contributed by atoms with E-state index in [1.807, 2.05) is 0 Å². The fourth-order valence-electron chi connectivity index (χ4n) is 2.52. The van der Waals surface area contributed by atoms with Gasteiger partial charge in [0, 0.05) is 0 Å². The van der Waals surface area contributed by atoms with E-state index in [9.17, 15) is 19.8 Å². The van der Waals surface area contributed by atoms with Crippen LogP contribution in [0.5, 0.6) is 12.0 Å². The summed E-state index contributed by atoms with van der Waals surface area (Å²) in [5.41, 5.74) is 2.32. The zero-order valence-corrected chi connectivity index (χ0v) is 14.2. The normalized spacial score (nSPS) is 13.4. The molecule has 0 bridgehead atoms. The number of imidazole rings is 2. The zero-order chi connectivity index (χ0) is 19.7. The molecule has 0 fully saturated rings. The number of benzene rings is 2. The van der Waals surface area contributed by atoms with Gasteiger partial charge in [-0.15, -0.1) is 0 Å². The highest BCUT2D eigenvalue weighted by Gasteiger charge is 2.34. The van der Waals surface area contributed by atoms with Crippen molar-refractivity contribution in [3.63, 3.8) is 0 Å². The first kappa shape index (κ1) is 17.6. The number of aliphatic hydroxyl groups excluding tert-OH is 2. The van der Waals surface area contributed by atoms with E-state index in [0.717, 1.165) is 0 Å². The molecule has 0 saturated carbocycles. The highest BCUT2D eigenvalue weighted by atomic mass is 16.6. The first-order valence-electron chi connectivity index (χ1n) is 8.20. The third-order valence-corrected chi connectivity index (χ3v) is 3.91. The Labute approximate surface area is 156 Å². The van der Waals surface area contributed by atoms with Crippen LogP contribution in [0.4, 0.5) is 0 Å². The van der Waals surface area contributed by atoms with Crippen LogP contribution in [0.15, 0.2) is 48.5 Å². The summed E-state index contributed by atoms with van der Waals surface area (Å²) in [5, 5.41) is 19.8. The number of fused-ring (bicyclic) bond motifs is 2. The maximum Gasteiger partial charge on any atom is 0.346 e. The number of esters is 2. The topological polar surface area (TPSA) is 150 Å². The number of carbonyl (C=O) groups excluding carboxylic acids is 2. The molecular formula is C18H14N4O6.